The predicted octanol–water partition coefficient (Wildman–Crippen LogP) is 2.13. The van der Waals surface area contributed by atoms with Crippen molar-refractivity contribution in [2.24, 2.45) is 0 Å². The summed E-state index contributed by atoms with van der Waals surface area (Å²) in [5.41, 5.74) is 0.693. The molecule has 1 heterocycles. The Labute approximate surface area is 186 Å². The van der Waals surface area contributed by atoms with Gasteiger partial charge in [-0.3, -0.25) is 15.0 Å². The molecule has 1 saturated heterocycles. The largest absolute Gasteiger partial charge is 0.389 e. The lowest BCUT2D eigenvalue weighted by Crippen LogP contribution is -2.50. The smallest absolute Gasteiger partial charge is 0.270 e. The molecule has 0 bridgehead atoms. The molecule has 1 N–H and O–H groups in total. The SMILES string of the molecule is O=[N+]([O-])c1cccc(S(=O)(=O)N2CCN(CC(O)COCc3ccc(Cl)cc3)CC2)c1. The number of piperazine rings is 1. The highest BCUT2D eigenvalue weighted by Crippen LogP contribution is 2.22. The minimum absolute atomic E-state index is 0.0919. The second-order valence-electron chi connectivity index (χ2n) is 7.25. The number of benzene rings is 2. The Morgan fingerprint density at radius 2 is 1.81 bits per heavy atom. The Morgan fingerprint density at radius 1 is 1.13 bits per heavy atom. The summed E-state index contributed by atoms with van der Waals surface area (Å²) < 4.78 is 32.4. The molecule has 0 amide bonds. The van der Waals surface area contributed by atoms with Gasteiger partial charge in [0.15, 0.2) is 0 Å². The summed E-state index contributed by atoms with van der Waals surface area (Å²) in [5.74, 6) is 0. The molecule has 2 aromatic carbocycles. The second-order valence-corrected chi connectivity index (χ2v) is 9.63. The molecule has 2 aromatic rings. The summed E-state index contributed by atoms with van der Waals surface area (Å²) in [7, 11) is -3.81. The van der Waals surface area contributed by atoms with Crippen LogP contribution in [0.5, 0.6) is 0 Å². The number of rotatable bonds is 9. The number of halogens is 1. The Morgan fingerprint density at radius 3 is 2.45 bits per heavy atom. The van der Waals surface area contributed by atoms with E-state index in [0.717, 1.165) is 11.6 Å². The van der Waals surface area contributed by atoms with E-state index in [9.17, 15) is 23.6 Å². The van der Waals surface area contributed by atoms with Gasteiger partial charge in [0, 0.05) is 49.9 Å². The van der Waals surface area contributed by atoms with Crippen LogP contribution >= 0.6 is 11.6 Å². The van der Waals surface area contributed by atoms with Crippen molar-refractivity contribution in [3.63, 3.8) is 0 Å². The molecule has 1 fully saturated rings. The van der Waals surface area contributed by atoms with Gasteiger partial charge in [-0.15, -0.1) is 0 Å². The van der Waals surface area contributed by atoms with Gasteiger partial charge in [-0.1, -0.05) is 29.8 Å². The number of nitrogens with zero attached hydrogens (tertiary/aromatic N) is 3. The lowest BCUT2D eigenvalue weighted by atomic mass is 10.2. The molecule has 0 saturated carbocycles. The van der Waals surface area contributed by atoms with Gasteiger partial charge in [0.25, 0.3) is 5.69 Å². The molecular formula is C20H24ClN3O6S. The maximum absolute atomic E-state index is 12.8. The van der Waals surface area contributed by atoms with Crippen LogP contribution in [0.15, 0.2) is 53.4 Å². The molecular weight excluding hydrogens is 446 g/mol. The van der Waals surface area contributed by atoms with Crippen LogP contribution in [0, 0.1) is 10.1 Å². The van der Waals surface area contributed by atoms with E-state index in [4.69, 9.17) is 16.3 Å². The molecule has 11 heteroatoms. The van der Waals surface area contributed by atoms with Crippen LogP contribution in [-0.2, 0) is 21.4 Å². The minimum atomic E-state index is -3.81. The number of sulfonamides is 1. The van der Waals surface area contributed by atoms with Gasteiger partial charge < -0.3 is 9.84 Å². The third-order valence-corrected chi connectivity index (χ3v) is 7.11. The van der Waals surface area contributed by atoms with Gasteiger partial charge >= 0.3 is 0 Å². The molecule has 0 aliphatic carbocycles. The molecule has 1 aliphatic rings. The van der Waals surface area contributed by atoms with Crippen molar-refractivity contribution in [1.29, 1.82) is 0 Å². The van der Waals surface area contributed by atoms with Crippen molar-refractivity contribution in [3.05, 3.63) is 69.2 Å². The molecule has 0 spiro atoms. The first-order valence-electron chi connectivity index (χ1n) is 9.73. The van der Waals surface area contributed by atoms with Crippen molar-refractivity contribution in [2.45, 2.75) is 17.6 Å². The van der Waals surface area contributed by atoms with Gasteiger partial charge in [0.05, 0.1) is 29.1 Å². The van der Waals surface area contributed by atoms with Crippen molar-refractivity contribution in [3.8, 4) is 0 Å². The van der Waals surface area contributed by atoms with Crippen LogP contribution in [0.2, 0.25) is 5.02 Å². The lowest BCUT2D eigenvalue weighted by Gasteiger charge is -2.34. The number of non-ortho nitro benzene ring substituents is 1. The summed E-state index contributed by atoms with van der Waals surface area (Å²) in [4.78, 5) is 12.2. The van der Waals surface area contributed by atoms with Crippen molar-refractivity contribution >= 4 is 27.3 Å². The zero-order valence-electron chi connectivity index (χ0n) is 16.8. The highest BCUT2D eigenvalue weighted by Gasteiger charge is 2.30. The van der Waals surface area contributed by atoms with Crippen LogP contribution in [0.25, 0.3) is 0 Å². The molecule has 1 unspecified atom stereocenters. The highest BCUT2D eigenvalue weighted by atomic mass is 35.5. The molecule has 31 heavy (non-hydrogen) atoms. The van der Waals surface area contributed by atoms with Gasteiger partial charge in [-0.05, 0) is 23.8 Å². The van der Waals surface area contributed by atoms with Gasteiger partial charge in [-0.2, -0.15) is 4.31 Å². The summed E-state index contributed by atoms with van der Waals surface area (Å²) in [6.07, 6.45) is -0.702. The third kappa shape index (κ3) is 6.45. The van der Waals surface area contributed by atoms with Crippen LogP contribution in [-0.4, -0.2) is 73.1 Å². The Bertz CT molecular complexity index is 994. The summed E-state index contributed by atoms with van der Waals surface area (Å²) >= 11 is 5.84. The number of nitro groups is 1. The van der Waals surface area contributed by atoms with Crippen molar-refractivity contribution < 1.29 is 23.2 Å². The average Bonchev–Trinajstić information content (AvgIpc) is 2.75. The fraction of sp³-hybridized carbons (Fsp3) is 0.400. The Balaban J connectivity index is 1.46. The van der Waals surface area contributed by atoms with Crippen LogP contribution in [0.1, 0.15) is 5.56 Å². The normalized spacial score (nSPS) is 16.8. The molecule has 0 radical (unpaired) electrons. The Kier molecular flexibility index (Phi) is 7.98. The Hall–Kier alpha value is -2.08. The quantitative estimate of drug-likeness (QED) is 0.442. The van der Waals surface area contributed by atoms with E-state index in [-0.39, 0.29) is 30.3 Å². The first-order valence-corrected chi connectivity index (χ1v) is 11.5. The van der Waals surface area contributed by atoms with Gasteiger partial charge in [0.1, 0.15) is 0 Å². The summed E-state index contributed by atoms with van der Waals surface area (Å²) in [5, 5.41) is 21.8. The van der Waals surface area contributed by atoms with E-state index in [2.05, 4.69) is 0 Å². The maximum atomic E-state index is 12.8. The minimum Gasteiger partial charge on any atom is -0.389 e. The fourth-order valence-corrected chi connectivity index (χ4v) is 4.89. The fourth-order valence-electron chi connectivity index (χ4n) is 3.30. The number of aliphatic hydroxyl groups excluding tert-OH is 1. The highest BCUT2D eigenvalue weighted by molar-refractivity contribution is 7.89. The predicted molar refractivity (Wildman–Crippen MR) is 115 cm³/mol. The van der Waals surface area contributed by atoms with E-state index < -0.39 is 21.1 Å². The summed E-state index contributed by atoms with van der Waals surface area (Å²) in [6, 6.07) is 12.3. The average molecular weight is 470 g/mol. The van der Waals surface area contributed by atoms with E-state index in [1.807, 2.05) is 17.0 Å². The summed E-state index contributed by atoms with van der Waals surface area (Å²) in [6.45, 7) is 2.27. The van der Waals surface area contributed by atoms with E-state index in [1.54, 1.807) is 12.1 Å². The molecule has 168 valence electrons. The zero-order chi connectivity index (χ0) is 22.4. The van der Waals surface area contributed by atoms with Crippen LogP contribution < -0.4 is 0 Å². The van der Waals surface area contributed by atoms with Crippen molar-refractivity contribution in [1.82, 2.24) is 9.21 Å². The van der Waals surface area contributed by atoms with Gasteiger partial charge in [-0.25, -0.2) is 8.42 Å². The van der Waals surface area contributed by atoms with Crippen LogP contribution in [0.3, 0.4) is 0 Å². The molecule has 0 aromatic heterocycles. The molecule has 1 aliphatic heterocycles. The number of aliphatic hydroxyl groups is 1. The van der Waals surface area contributed by atoms with Crippen molar-refractivity contribution in [2.75, 3.05) is 39.3 Å². The van der Waals surface area contributed by atoms with E-state index >= 15 is 0 Å². The topological polar surface area (TPSA) is 113 Å². The number of nitro benzene ring substituents is 1. The van der Waals surface area contributed by atoms with E-state index in [1.165, 1.54) is 22.5 Å². The first kappa shape index (κ1) is 23.6. The lowest BCUT2D eigenvalue weighted by molar-refractivity contribution is -0.385. The van der Waals surface area contributed by atoms with E-state index in [0.29, 0.717) is 31.3 Å². The molecule has 9 nitrogen and oxygen atoms in total. The van der Waals surface area contributed by atoms with Gasteiger partial charge in [0.2, 0.25) is 10.0 Å². The molecule has 3 rings (SSSR count). The number of β-amino-alcohol motifs (C(OH)–C–C–N with tert-alkyl or cyclic N) is 1. The third-order valence-electron chi connectivity index (χ3n) is 4.96. The zero-order valence-corrected chi connectivity index (χ0v) is 18.3. The molecule has 1 atom stereocenters. The number of ether oxygens (including phenoxy) is 1. The maximum Gasteiger partial charge on any atom is 0.270 e. The number of hydrogen-bond donors (Lipinski definition) is 1. The standard InChI is InChI=1S/C20H24ClN3O6S/c21-17-6-4-16(5-7-17)14-30-15-19(25)13-22-8-10-23(11-9-22)31(28,29)20-3-1-2-18(12-20)24(26)27/h1-7,12,19,25H,8-11,13-15H2. The second kappa shape index (κ2) is 10.5. The first-order chi connectivity index (χ1) is 14.8. The van der Waals surface area contributed by atoms with Crippen LogP contribution in [0.4, 0.5) is 5.69 Å². The number of hydrogen-bond acceptors (Lipinski definition) is 7. The monoisotopic (exact) mass is 469 g/mol.